The summed E-state index contributed by atoms with van der Waals surface area (Å²) in [6, 6.07) is -0.717. The Morgan fingerprint density at radius 3 is 1.42 bits per heavy atom. The molecule has 9 heteroatoms. The third-order valence-corrected chi connectivity index (χ3v) is 11.9. The number of amides is 1. The van der Waals surface area contributed by atoms with Crippen molar-refractivity contribution in [3.63, 3.8) is 0 Å². The zero-order chi connectivity index (χ0) is 41.6. The van der Waals surface area contributed by atoms with Crippen LogP contribution in [0.3, 0.4) is 0 Å². The SMILES string of the molecule is CCCCCCCC/C=C\CCCCCCCCCC(=O)NC(COC1OC(CO)C(O)C(O)C1O)C(O)CCCCCCCCCCCCCCCCCCC. The number of aliphatic hydroxyl groups is 5. The van der Waals surface area contributed by atoms with Crippen LogP contribution >= 0.6 is 0 Å². The Balaban J connectivity index is 2.30. The number of carbonyl (C=O) groups is 1. The lowest BCUT2D eigenvalue weighted by Gasteiger charge is -2.40. The van der Waals surface area contributed by atoms with Crippen molar-refractivity contribution in [3.8, 4) is 0 Å². The van der Waals surface area contributed by atoms with Crippen LogP contribution in [0.2, 0.25) is 0 Å². The molecule has 0 spiro atoms. The summed E-state index contributed by atoms with van der Waals surface area (Å²) in [6.45, 7) is 3.84. The number of rotatable bonds is 41. The fourth-order valence-corrected chi connectivity index (χ4v) is 7.92. The molecule has 1 aliphatic rings. The van der Waals surface area contributed by atoms with Crippen molar-refractivity contribution >= 4 is 5.91 Å². The fraction of sp³-hybridized carbons (Fsp3) is 0.938. The molecule has 0 aromatic rings. The van der Waals surface area contributed by atoms with Gasteiger partial charge in [0.25, 0.3) is 0 Å². The molecular formula is C48H93NO8. The van der Waals surface area contributed by atoms with E-state index in [1.807, 2.05) is 0 Å². The first-order chi connectivity index (χ1) is 27.8. The van der Waals surface area contributed by atoms with Gasteiger partial charge in [0, 0.05) is 6.42 Å². The minimum Gasteiger partial charge on any atom is -0.394 e. The third kappa shape index (κ3) is 29.7. The Labute approximate surface area is 350 Å². The number of carbonyl (C=O) groups excluding carboxylic acids is 1. The summed E-state index contributed by atoms with van der Waals surface area (Å²) in [5.41, 5.74) is 0. The maximum Gasteiger partial charge on any atom is 0.220 e. The van der Waals surface area contributed by atoms with Gasteiger partial charge < -0.3 is 40.3 Å². The van der Waals surface area contributed by atoms with Crippen LogP contribution in [0.25, 0.3) is 0 Å². The highest BCUT2D eigenvalue weighted by Gasteiger charge is 2.44. The lowest BCUT2D eigenvalue weighted by atomic mass is 9.99. The molecule has 1 rings (SSSR count). The van der Waals surface area contributed by atoms with Crippen molar-refractivity contribution in [2.75, 3.05) is 13.2 Å². The molecule has 0 aromatic heterocycles. The zero-order valence-corrected chi connectivity index (χ0v) is 37.1. The molecule has 9 nitrogen and oxygen atoms in total. The van der Waals surface area contributed by atoms with Crippen molar-refractivity contribution in [2.24, 2.45) is 0 Å². The highest BCUT2D eigenvalue weighted by Crippen LogP contribution is 2.23. The second kappa shape index (κ2) is 39.1. The van der Waals surface area contributed by atoms with E-state index in [0.717, 1.165) is 38.5 Å². The van der Waals surface area contributed by atoms with Crippen LogP contribution in [0.15, 0.2) is 12.2 Å². The fourth-order valence-electron chi connectivity index (χ4n) is 7.92. The second-order valence-electron chi connectivity index (χ2n) is 17.3. The predicted octanol–water partition coefficient (Wildman–Crippen LogP) is 10.5. The zero-order valence-electron chi connectivity index (χ0n) is 37.1. The van der Waals surface area contributed by atoms with Crippen LogP contribution in [-0.4, -0.2) is 87.5 Å². The molecule has 7 unspecified atom stereocenters. The van der Waals surface area contributed by atoms with Crippen LogP contribution in [0.5, 0.6) is 0 Å². The molecule has 0 radical (unpaired) electrons. The number of aliphatic hydroxyl groups excluding tert-OH is 5. The summed E-state index contributed by atoms with van der Waals surface area (Å²) in [5.74, 6) is -0.147. The Morgan fingerprint density at radius 1 is 0.579 bits per heavy atom. The highest BCUT2D eigenvalue weighted by atomic mass is 16.7. The first-order valence-corrected chi connectivity index (χ1v) is 24.4. The van der Waals surface area contributed by atoms with Gasteiger partial charge >= 0.3 is 0 Å². The summed E-state index contributed by atoms with van der Waals surface area (Å²) in [6.07, 6.45) is 37.8. The Hall–Kier alpha value is -1.07. The highest BCUT2D eigenvalue weighted by molar-refractivity contribution is 5.76. The van der Waals surface area contributed by atoms with Gasteiger partial charge in [0.15, 0.2) is 6.29 Å². The van der Waals surface area contributed by atoms with E-state index in [2.05, 4.69) is 31.3 Å². The van der Waals surface area contributed by atoms with Crippen molar-refractivity contribution in [1.82, 2.24) is 5.32 Å². The molecular weight excluding hydrogens is 719 g/mol. The van der Waals surface area contributed by atoms with E-state index in [4.69, 9.17) is 9.47 Å². The Kier molecular flexibility index (Phi) is 37.0. The second-order valence-corrected chi connectivity index (χ2v) is 17.3. The number of unbranched alkanes of at least 4 members (excludes halogenated alkanes) is 29. The van der Waals surface area contributed by atoms with Gasteiger partial charge in [-0.1, -0.05) is 199 Å². The van der Waals surface area contributed by atoms with Gasteiger partial charge in [0.1, 0.15) is 24.4 Å². The molecule has 0 aromatic carbocycles. The molecule has 7 atom stereocenters. The molecule has 0 saturated carbocycles. The van der Waals surface area contributed by atoms with E-state index in [1.165, 1.54) is 167 Å². The molecule has 1 fully saturated rings. The summed E-state index contributed by atoms with van der Waals surface area (Å²) in [7, 11) is 0. The topological polar surface area (TPSA) is 149 Å². The van der Waals surface area contributed by atoms with Crippen molar-refractivity contribution < 1.29 is 39.8 Å². The Bertz CT molecular complexity index is 904. The first-order valence-electron chi connectivity index (χ1n) is 24.4. The molecule has 1 saturated heterocycles. The van der Waals surface area contributed by atoms with Gasteiger partial charge in [-0.2, -0.15) is 0 Å². The molecule has 1 aliphatic heterocycles. The lowest BCUT2D eigenvalue weighted by Crippen LogP contribution is -2.60. The van der Waals surface area contributed by atoms with E-state index in [1.54, 1.807) is 0 Å². The molecule has 1 amide bonds. The molecule has 338 valence electrons. The van der Waals surface area contributed by atoms with Gasteiger partial charge in [0.2, 0.25) is 5.91 Å². The number of hydrogen-bond acceptors (Lipinski definition) is 8. The summed E-state index contributed by atoms with van der Waals surface area (Å²) in [4.78, 5) is 13.0. The van der Waals surface area contributed by atoms with Gasteiger partial charge in [-0.25, -0.2) is 0 Å². The van der Waals surface area contributed by atoms with Gasteiger partial charge in [0.05, 0.1) is 25.4 Å². The Morgan fingerprint density at radius 2 is 0.982 bits per heavy atom. The largest absolute Gasteiger partial charge is 0.394 e. The summed E-state index contributed by atoms with van der Waals surface area (Å²) < 4.78 is 11.3. The maximum atomic E-state index is 13.0. The minimum absolute atomic E-state index is 0.136. The number of nitrogens with one attached hydrogen (secondary N) is 1. The normalized spacial score (nSPS) is 21.0. The third-order valence-electron chi connectivity index (χ3n) is 11.9. The van der Waals surface area contributed by atoms with E-state index >= 15 is 0 Å². The monoisotopic (exact) mass is 812 g/mol. The predicted molar refractivity (Wildman–Crippen MR) is 235 cm³/mol. The molecule has 0 bridgehead atoms. The molecule has 0 aliphatic carbocycles. The molecule has 57 heavy (non-hydrogen) atoms. The van der Waals surface area contributed by atoms with Crippen LogP contribution in [0.4, 0.5) is 0 Å². The quantitative estimate of drug-likeness (QED) is 0.0264. The number of ether oxygens (including phenoxy) is 2. The van der Waals surface area contributed by atoms with Crippen LogP contribution < -0.4 is 5.32 Å². The van der Waals surface area contributed by atoms with Crippen LogP contribution in [0.1, 0.15) is 232 Å². The molecule has 6 N–H and O–H groups in total. The number of hydrogen-bond donors (Lipinski definition) is 6. The van der Waals surface area contributed by atoms with Crippen LogP contribution in [-0.2, 0) is 14.3 Å². The van der Waals surface area contributed by atoms with Crippen molar-refractivity contribution in [3.05, 3.63) is 12.2 Å². The standard InChI is InChI=1S/C48H93NO8/c1-3-5-7-9-11-13-15-17-19-21-23-25-27-29-31-33-35-37-42(51)41(40-56-48-47(55)46(54)45(53)43(39-50)57-48)49-44(52)38-36-34-32-30-28-26-24-22-20-18-16-14-12-10-8-6-4-2/h18,20,41-43,45-48,50-51,53-55H,3-17,19,21-40H2,1-2H3,(H,49,52)/b20-18-. The van der Waals surface area contributed by atoms with Gasteiger partial charge in [-0.05, 0) is 38.5 Å². The average Bonchev–Trinajstić information content (AvgIpc) is 3.21. The number of allylic oxidation sites excluding steroid dienone is 2. The molecule has 1 heterocycles. The smallest absolute Gasteiger partial charge is 0.220 e. The average molecular weight is 812 g/mol. The van der Waals surface area contributed by atoms with E-state index in [9.17, 15) is 30.3 Å². The van der Waals surface area contributed by atoms with Crippen molar-refractivity contribution in [2.45, 2.75) is 275 Å². The van der Waals surface area contributed by atoms with Crippen molar-refractivity contribution in [1.29, 1.82) is 0 Å². The van der Waals surface area contributed by atoms with E-state index < -0.39 is 49.5 Å². The van der Waals surface area contributed by atoms with Gasteiger partial charge in [-0.15, -0.1) is 0 Å². The van der Waals surface area contributed by atoms with Crippen LogP contribution in [0, 0.1) is 0 Å². The maximum absolute atomic E-state index is 13.0. The van der Waals surface area contributed by atoms with Gasteiger partial charge in [-0.3, -0.25) is 4.79 Å². The van der Waals surface area contributed by atoms with E-state index in [-0.39, 0.29) is 12.5 Å². The minimum atomic E-state index is -1.55. The summed E-state index contributed by atoms with van der Waals surface area (Å²) >= 11 is 0. The lowest BCUT2D eigenvalue weighted by molar-refractivity contribution is -0.302. The van der Waals surface area contributed by atoms with E-state index in [0.29, 0.717) is 12.8 Å². The first kappa shape index (κ1) is 53.9. The summed E-state index contributed by atoms with van der Waals surface area (Å²) in [5, 5.41) is 54.4.